The average molecular weight is 336 g/mol. The molecular formula is C15H18BrN3O. The fourth-order valence-electron chi connectivity index (χ4n) is 2.03. The van der Waals surface area contributed by atoms with Gasteiger partial charge in [-0.2, -0.15) is 0 Å². The Morgan fingerprint density at radius 3 is 2.50 bits per heavy atom. The number of benzene rings is 1. The Bertz CT molecular complexity index is 609. The van der Waals surface area contributed by atoms with E-state index in [0.29, 0.717) is 5.88 Å². The summed E-state index contributed by atoms with van der Waals surface area (Å²) in [6.07, 6.45) is 0.774. The number of nitrogens with two attached hydrogens (primary N) is 1. The van der Waals surface area contributed by atoms with Crippen molar-refractivity contribution in [2.24, 2.45) is 5.84 Å². The molecule has 20 heavy (non-hydrogen) atoms. The third-order valence-electron chi connectivity index (χ3n) is 3.12. The molecule has 0 saturated carbocycles. The summed E-state index contributed by atoms with van der Waals surface area (Å²) in [5, 5.41) is 0. The van der Waals surface area contributed by atoms with Gasteiger partial charge in [0.15, 0.2) is 0 Å². The van der Waals surface area contributed by atoms with E-state index in [9.17, 15) is 0 Å². The quantitative estimate of drug-likeness (QED) is 0.652. The molecule has 0 atom stereocenters. The summed E-state index contributed by atoms with van der Waals surface area (Å²) in [6.45, 7) is 6.07. The molecule has 0 fully saturated rings. The highest BCUT2D eigenvalue weighted by Gasteiger charge is 2.12. The van der Waals surface area contributed by atoms with Crippen LogP contribution in [0.25, 0.3) is 0 Å². The largest absolute Gasteiger partial charge is 0.437 e. The number of hydrogen-bond acceptors (Lipinski definition) is 4. The van der Waals surface area contributed by atoms with Gasteiger partial charge >= 0.3 is 0 Å². The Kier molecular flexibility index (Phi) is 4.62. The van der Waals surface area contributed by atoms with Crippen molar-refractivity contribution in [1.29, 1.82) is 0 Å². The predicted octanol–water partition coefficient (Wildman–Crippen LogP) is 4.10. The lowest BCUT2D eigenvalue weighted by Gasteiger charge is -2.14. The van der Waals surface area contributed by atoms with Crippen LogP contribution < -0.4 is 16.0 Å². The maximum Gasteiger partial charge on any atom is 0.234 e. The highest BCUT2D eigenvalue weighted by Crippen LogP contribution is 2.34. The highest BCUT2D eigenvalue weighted by molar-refractivity contribution is 9.10. The maximum absolute atomic E-state index is 5.99. The zero-order chi connectivity index (χ0) is 14.7. The number of nitrogen functional groups attached to an aromatic ring is 1. The molecule has 0 radical (unpaired) electrons. The third-order valence-corrected chi connectivity index (χ3v) is 3.69. The van der Waals surface area contributed by atoms with E-state index < -0.39 is 0 Å². The van der Waals surface area contributed by atoms with Gasteiger partial charge in [0.2, 0.25) is 5.88 Å². The van der Waals surface area contributed by atoms with Crippen molar-refractivity contribution in [2.45, 2.75) is 27.2 Å². The van der Waals surface area contributed by atoms with Crippen LogP contribution in [0.15, 0.2) is 28.7 Å². The van der Waals surface area contributed by atoms with E-state index >= 15 is 0 Å². The summed E-state index contributed by atoms with van der Waals surface area (Å²) in [4.78, 5) is 4.53. The Morgan fingerprint density at radius 2 is 1.95 bits per heavy atom. The van der Waals surface area contributed by atoms with E-state index in [0.717, 1.165) is 39.2 Å². The molecule has 2 rings (SSSR count). The van der Waals surface area contributed by atoms with Crippen LogP contribution >= 0.6 is 15.9 Å². The van der Waals surface area contributed by atoms with Gasteiger partial charge in [-0.1, -0.05) is 25.1 Å². The molecule has 0 saturated heterocycles. The SMILES string of the molecule is CCc1nc(Oc2c(C)cccc2C)c(Br)cc1NN. The number of nitrogens with one attached hydrogen (secondary N) is 1. The second kappa shape index (κ2) is 6.24. The van der Waals surface area contributed by atoms with Crippen LogP contribution in [0.5, 0.6) is 11.6 Å². The zero-order valence-electron chi connectivity index (χ0n) is 11.8. The first kappa shape index (κ1) is 14.8. The first-order chi connectivity index (χ1) is 9.56. The zero-order valence-corrected chi connectivity index (χ0v) is 13.4. The van der Waals surface area contributed by atoms with Gasteiger partial charge in [-0.3, -0.25) is 5.84 Å². The summed E-state index contributed by atoms with van der Waals surface area (Å²) in [5.74, 6) is 6.89. The molecule has 0 aliphatic carbocycles. The van der Waals surface area contributed by atoms with Gasteiger partial charge in [-0.05, 0) is 53.4 Å². The number of aryl methyl sites for hydroxylation is 3. The fraction of sp³-hybridized carbons (Fsp3) is 0.267. The summed E-state index contributed by atoms with van der Waals surface area (Å²) < 4.78 is 6.75. The number of aromatic nitrogens is 1. The summed E-state index contributed by atoms with van der Waals surface area (Å²) in [6, 6.07) is 7.94. The van der Waals surface area contributed by atoms with Crippen LogP contribution in [0.1, 0.15) is 23.7 Å². The van der Waals surface area contributed by atoms with Crippen molar-refractivity contribution in [3.05, 3.63) is 45.6 Å². The number of ether oxygens (including phenoxy) is 1. The average Bonchev–Trinajstić information content (AvgIpc) is 2.44. The van der Waals surface area contributed by atoms with Crippen molar-refractivity contribution >= 4 is 21.6 Å². The number of hydrazine groups is 1. The monoisotopic (exact) mass is 335 g/mol. The van der Waals surface area contributed by atoms with E-state index in [1.807, 2.05) is 45.0 Å². The smallest absolute Gasteiger partial charge is 0.234 e. The number of rotatable bonds is 4. The van der Waals surface area contributed by atoms with Gasteiger partial charge in [0.05, 0.1) is 15.9 Å². The Labute approximate surface area is 127 Å². The Morgan fingerprint density at radius 1 is 1.30 bits per heavy atom. The molecule has 3 N–H and O–H groups in total. The molecular weight excluding hydrogens is 318 g/mol. The van der Waals surface area contributed by atoms with Crippen molar-refractivity contribution in [2.75, 3.05) is 5.43 Å². The molecule has 0 aliphatic rings. The standard InChI is InChI=1S/C15H18BrN3O/c1-4-12-13(19-17)8-11(16)15(18-12)20-14-9(2)6-5-7-10(14)3/h5-8,19H,4,17H2,1-3H3. The van der Waals surface area contributed by atoms with Crippen LogP contribution in [0.2, 0.25) is 0 Å². The van der Waals surface area contributed by atoms with E-state index in [1.54, 1.807) is 0 Å². The van der Waals surface area contributed by atoms with Crippen LogP contribution in [-0.4, -0.2) is 4.98 Å². The normalized spacial score (nSPS) is 10.4. The molecule has 0 aliphatic heterocycles. The molecule has 1 aromatic heterocycles. The molecule has 106 valence electrons. The summed E-state index contributed by atoms with van der Waals surface area (Å²) in [7, 11) is 0. The number of nitrogens with zero attached hydrogens (tertiary/aromatic N) is 1. The molecule has 1 aromatic carbocycles. The second-order valence-electron chi connectivity index (χ2n) is 4.59. The summed E-state index contributed by atoms with van der Waals surface area (Å²) >= 11 is 3.47. The molecule has 0 unspecified atom stereocenters. The predicted molar refractivity (Wildman–Crippen MR) is 85.1 cm³/mol. The maximum atomic E-state index is 5.99. The molecule has 4 nitrogen and oxygen atoms in total. The van der Waals surface area contributed by atoms with Crippen LogP contribution in [0, 0.1) is 13.8 Å². The number of hydrogen-bond donors (Lipinski definition) is 2. The van der Waals surface area contributed by atoms with E-state index in [1.165, 1.54) is 0 Å². The number of para-hydroxylation sites is 1. The van der Waals surface area contributed by atoms with E-state index in [4.69, 9.17) is 10.6 Å². The molecule has 0 spiro atoms. The molecule has 2 aromatic rings. The molecule has 0 bridgehead atoms. The van der Waals surface area contributed by atoms with E-state index in [2.05, 4.69) is 26.3 Å². The lowest BCUT2D eigenvalue weighted by Crippen LogP contribution is -2.10. The summed E-state index contributed by atoms with van der Waals surface area (Å²) in [5.41, 5.74) is 6.49. The van der Waals surface area contributed by atoms with Crippen molar-refractivity contribution in [3.63, 3.8) is 0 Å². The van der Waals surface area contributed by atoms with E-state index in [-0.39, 0.29) is 0 Å². The topological polar surface area (TPSA) is 60.2 Å². The Hall–Kier alpha value is -1.59. The van der Waals surface area contributed by atoms with Gasteiger partial charge in [0.1, 0.15) is 5.75 Å². The lowest BCUT2D eigenvalue weighted by molar-refractivity contribution is 0.451. The number of pyridine rings is 1. The van der Waals surface area contributed by atoms with Gasteiger partial charge in [-0.25, -0.2) is 4.98 Å². The second-order valence-corrected chi connectivity index (χ2v) is 5.44. The number of anilines is 1. The van der Waals surface area contributed by atoms with Crippen molar-refractivity contribution < 1.29 is 4.74 Å². The lowest BCUT2D eigenvalue weighted by atomic mass is 10.1. The highest BCUT2D eigenvalue weighted by atomic mass is 79.9. The number of halogens is 1. The molecule has 1 heterocycles. The first-order valence-electron chi connectivity index (χ1n) is 6.47. The van der Waals surface area contributed by atoms with Crippen LogP contribution in [0.4, 0.5) is 5.69 Å². The van der Waals surface area contributed by atoms with Gasteiger partial charge in [-0.15, -0.1) is 0 Å². The molecule has 0 amide bonds. The first-order valence-corrected chi connectivity index (χ1v) is 7.26. The Balaban J connectivity index is 2.44. The van der Waals surface area contributed by atoms with Gasteiger partial charge < -0.3 is 10.2 Å². The third kappa shape index (κ3) is 2.94. The van der Waals surface area contributed by atoms with Crippen molar-refractivity contribution in [1.82, 2.24) is 4.98 Å². The minimum absolute atomic E-state index is 0.554. The minimum atomic E-state index is 0.554. The van der Waals surface area contributed by atoms with Crippen LogP contribution in [-0.2, 0) is 6.42 Å². The van der Waals surface area contributed by atoms with Crippen LogP contribution in [0.3, 0.4) is 0 Å². The molecule has 5 heteroatoms. The van der Waals surface area contributed by atoms with Crippen molar-refractivity contribution in [3.8, 4) is 11.6 Å². The van der Waals surface area contributed by atoms with Gasteiger partial charge in [0.25, 0.3) is 0 Å². The fourth-order valence-corrected chi connectivity index (χ4v) is 2.43. The minimum Gasteiger partial charge on any atom is -0.437 e. The van der Waals surface area contributed by atoms with Gasteiger partial charge in [0, 0.05) is 0 Å².